The van der Waals surface area contributed by atoms with E-state index in [4.69, 9.17) is 10.5 Å². The van der Waals surface area contributed by atoms with Gasteiger partial charge in [-0.3, -0.25) is 0 Å². The molecule has 1 fully saturated rings. The van der Waals surface area contributed by atoms with E-state index in [1.54, 1.807) is 0 Å². The normalized spacial score (nSPS) is 18.2. The van der Waals surface area contributed by atoms with E-state index in [-0.39, 0.29) is 6.10 Å². The van der Waals surface area contributed by atoms with E-state index in [0.29, 0.717) is 11.8 Å². The molecular formula is C20H36N6O. The maximum absolute atomic E-state index is 6.12. The minimum absolute atomic E-state index is 0.102. The number of piperidine rings is 1. The number of rotatable bonds is 10. The first kappa shape index (κ1) is 20.0. The van der Waals surface area contributed by atoms with Gasteiger partial charge in [-0.05, 0) is 58.7 Å². The number of nitrogens with zero attached hydrogens (tertiary/aromatic N) is 4. The summed E-state index contributed by atoms with van der Waals surface area (Å²) in [7, 11) is 0. The average molecular weight is 377 g/mol. The highest BCUT2D eigenvalue weighted by Crippen LogP contribution is 2.35. The van der Waals surface area contributed by atoms with Crippen LogP contribution in [0.3, 0.4) is 0 Å². The van der Waals surface area contributed by atoms with Crippen LogP contribution in [0.1, 0.15) is 65.2 Å². The van der Waals surface area contributed by atoms with Gasteiger partial charge in [0.2, 0.25) is 0 Å². The van der Waals surface area contributed by atoms with E-state index < -0.39 is 0 Å². The molecule has 152 valence electrons. The van der Waals surface area contributed by atoms with Crippen LogP contribution in [0.2, 0.25) is 0 Å². The monoisotopic (exact) mass is 376 g/mol. The maximum Gasteiger partial charge on any atom is 0.320 e. The second-order valence-corrected chi connectivity index (χ2v) is 7.87. The van der Waals surface area contributed by atoms with E-state index >= 15 is 0 Å². The van der Waals surface area contributed by atoms with Gasteiger partial charge in [0.15, 0.2) is 11.6 Å². The fourth-order valence-electron chi connectivity index (χ4n) is 3.97. The van der Waals surface area contributed by atoms with Gasteiger partial charge in [0, 0.05) is 6.54 Å². The Morgan fingerprint density at radius 3 is 2.67 bits per heavy atom. The van der Waals surface area contributed by atoms with E-state index in [1.807, 2.05) is 0 Å². The molecule has 1 saturated heterocycles. The molecule has 3 heterocycles. The van der Waals surface area contributed by atoms with Crippen molar-refractivity contribution >= 4 is 17.3 Å². The number of anilines is 3. The van der Waals surface area contributed by atoms with Gasteiger partial charge in [0.05, 0.1) is 12.8 Å². The summed E-state index contributed by atoms with van der Waals surface area (Å²) in [6, 6.07) is 0.394. The number of nitrogens with one attached hydrogen (secondary N) is 1. The van der Waals surface area contributed by atoms with Gasteiger partial charge in [0.1, 0.15) is 5.69 Å². The lowest BCUT2D eigenvalue weighted by molar-refractivity contribution is 0.193. The molecule has 0 aliphatic carbocycles. The molecule has 1 aromatic heterocycles. The molecule has 0 amide bonds. The van der Waals surface area contributed by atoms with Crippen LogP contribution in [0.5, 0.6) is 6.01 Å². The van der Waals surface area contributed by atoms with Gasteiger partial charge in [-0.1, -0.05) is 26.2 Å². The van der Waals surface area contributed by atoms with E-state index in [0.717, 1.165) is 37.6 Å². The lowest BCUT2D eigenvalue weighted by atomic mass is 10.1. The van der Waals surface area contributed by atoms with Gasteiger partial charge in [-0.15, -0.1) is 0 Å². The Labute approximate surface area is 163 Å². The van der Waals surface area contributed by atoms with Crippen LogP contribution in [0.4, 0.5) is 17.3 Å². The summed E-state index contributed by atoms with van der Waals surface area (Å²) < 4.78 is 5.86. The number of hydrogen-bond donors (Lipinski definition) is 2. The molecule has 7 heteroatoms. The molecule has 1 atom stereocenters. The van der Waals surface area contributed by atoms with Crippen LogP contribution >= 0.6 is 0 Å². The number of aromatic nitrogens is 2. The second-order valence-electron chi connectivity index (χ2n) is 7.87. The summed E-state index contributed by atoms with van der Waals surface area (Å²) in [5, 5.41) is 3.33. The van der Waals surface area contributed by atoms with Gasteiger partial charge in [0.25, 0.3) is 0 Å². The van der Waals surface area contributed by atoms with Crippen LogP contribution in [0.15, 0.2) is 0 Å². The highest BCUT2D eigenvalue weighted by atomic mass is 16.5. The molecule has 0 radical (unpaired) electrons. The molecule has 0 bridgehead atoms. The minimum Gasteiger partial charge on any atom is -0.460 e. The molecule has 1 aromatic rings. The fraction of sp³-hybridized carbons (Fsp3) is 0.800. The largest absolute Gasteiger partial charge is 0.460 e. The summed E-state index contributed by atoms with van der Waals surface area (Å²) in [6.07, 6.45) is 10.0. The van der Waals surface area contributed by atoms with Crippen molar-refractivity contribution in [2.24, 2.45) is 0 Å². The summed E-state index contributed by atoms with van der Waals surface area (Å²) in [5.74, 6) is 1.36. The highest BCUT2D eigenvalue weighted by Gasteiger charge is 2.25. The number of unbranched alkanes of at least 4 members (excludes halogenated alkanes) is 2. The van der Waals surface area contributed by atoms with Crippen LogP contribution in [0, 0.1) is 0 Å². The molecule has 3 N–H and O–H groups in total. The van der Waals surface area contributed by atoms with Crippen molar-refractivity contribution in [3.63, 3.8) is 0 Å². The summed E-state index contributed by atoms with van der Waals surface area (Å²) >= 11 is 0. The first-order valence-corrected chi connectivity index (χ1v) is 10.7. The van der Waals surface area contributed by atoms with Crippen LogP contribution < -0.4 is 20.7 Å². The lowest BCUT2D eigenvalue weighted by Crippen LogP contribution is -2.30. The third-order valence-electron chi connectivity index (χ3n) is 5.50. The molecule has 7 nitrogen and oxygen atoms in total. The third kappa shape index (κ3) is 5.61. The van der Waals surface area contributed by atoms with Gasteiger partial charge >= 0.3 is 6.01 Å². The number of ether oxygens (including phenoxy) is 1. The van der Waals surface area contributed by atoms with Crippen LogP contribution in [-0.2, 0) is 0 Å². The van der Waals surface area contributed by atoms with Crippen molar-refractivity contribution in [2.45, 2.75) is 71.3 Å². The first-order valence-electron chi connectivity index (χ1n) is 10.7. The molecule has 0 unspecified atom stereocenters. The van der Waals surface area contributed by atoms with E-state index in [1.165, 1.54) is 58.2 Å². The molecular weight excluding hydrogens is 340 g/mol. The predicted molar refractivity (Wildman–Crippen MR) is 111 cm³/mol. The molecule has 0 spiro atoms. The van der Waals surface area contributed by atoms with Crippen molar-refractivity contribution in [2.75, 3.05) is 48.8 Å². The zero-order valence-corrected chi connectivity index (χ0v) is 17.0. The zero-order chi connectivity index (χ0) is 19.1. The van der Waals surface area contributed by atoms with Crippen molar-refractivity contribution in [3.8, 4) is 6.01 Å². The number of likely N-dealkylation sites (tertiary alicyclic amines) is 1. The topological polar surface area (TPSA) is 79.5 Å². The summed E-state index contributed by atoms with van der Waals surface area (Å²) in [4.78, 5) is 13.8. The van der Waals surface area contributed by atoms with Gasteiger partial charge < -0.3 is 25.6 Å². The van der Waals surface area contributed by atoms with E-state index in [2.05, 4.69) is 38.9 Å². The summed E-state index contributed by atoms with van der Waals surface area (Å²) in [6.45, 7) is 9.76. The van der Waals surface area contributed by atoms with Gasteiger partial charge in [-0.2, -0.15) is 9.97 Å². The molecule has 3 rings (SSSR count). The molecule has 2 aliphatic rings. The SMILES string of the molecule is CCC[C@H](C)Oc1nc(N)c2c(n1)N(CCCCCN1CCCCC1)CN2. The minimum atomic E-state index is 0.102. The Balaban J connectivity index is 1.47. The molecule has 0 aromatic carbocycles. The fourth-order valence-corrected chi connectivity index (χ4v) is 3.97. The van der Waals surface area contributed by atoms with Crippen LogP contribution in [0.25, 0.3) is 0 Å². The van der Waals surface area contributed by atoms with Crippen molar-refractivity contribution in [1.82, 2.24) is 14.9 Å². The third-order valence-corrected chi connectivity index (χ3v) is 5.50. The number of hydrogen-bond acceptors (Lipinski definition) is 7. The Morgan fingerprint density at radius 2 is 1.89 bits per heavy atom. The Bertz CT molecular complexity index is 590. The number of nitrogen functional groups attached to an aromatic ring is 1. The zero-order valence-electron chi connectivity index (χ0n) is 17.0. The standard InChI is InChI=1S/C20H36N6O/c1-3-10-16(2)27-20-23-18(21)17-19(24-20)26(15-22-17)14-9-5-8-13-25-11-6-4-7-12-25/h16,22H,3-15H2,1-2H3,(H2,21,23,24)/t16-/m0/s1. The Hall–Kier alpha value is -1.76. The predicted octanol–water partition coefficient (Wildman–Crippen LogP) is 3.47. The quantitative estimate of drug-likeness (QED) is 0.605. The molecule has 27 heavy (non-hydrogen) atoms. The second kappa shape index (κ2) is 9.97. The number of nitrogens with two attached hydrogens (primary N) is 1. The summed E-state index contributed by atoms with van der Waals surface area (Å²) in [5.41, 5.74) is 6.96. The van der Waals surface area contributed by atoms with Crippen molar-refractivity contribution < 1.29 is 4.74 Å². The Kier molecular flexibility index (Phi) is 7.38. The first-order chi connectivity index (χ1) is 13.2. The maximum atomic E-state index is 6.12. The van der Waals surface area contributed by atoms with Gasteiger partial charge in [-0.25, -0.2) is 0 Å². The van der Waals surface area contributed by atoms with Crippen molar-refractivity contribution in [3.05, 3.63) is 0 Å². The lowest BCUT2D eigenvalue weighted by Gasteiger charge is -2.26. The van der Waals surface area contributed by atoms with Crippen molar-refractivity contribution in [1.29, 1.82) is 0 Å². The molecule has 2 aliphatic heterocycles. The number of fused-ring (bicyclic) bond motifs is 1. The average Bonchev–Trinajstić information content (AvgIpc) is 3.06. The Morgan fingerprint density at radius 1 is 1.11 bits per heavy atom. The molecule has 0 saturated carbocycles. The van der Waals surface area contributed by atoms with E-state index in [9.17, 15) is 0 Å². The highest BCUT2D eigenvalue weighted by molar-refractivity contribution is 5.80. The van der Waals surface area contributed by atoms with Crippen LogP contribution in [-0.4, -0.2) is 53.8 Å². The smallest absolute Gasteiger partial charge is 0.320 e.